The molecule has 5 nitrogen and oxygen atoms in total. The van der Waals surface area contributed by atoms with E-state index in [1.807, 2.05) is 48.5 Å². The number of hydrogen-bond acceptors (Lipinski definition) is 5. The molecule has 0 amide bonds. The van der Waals surface area contributed by atoms with Gasteiger partial charge in [-0.2, -0.15) is 4.98 Å². The van der Waals surface area contributed by atoms with Crippen LogP contribution in [0, 0.1) is 0 Å². The first-order valence-electron chi connectivity index (χ1n) is 7.68. The summed E-state index contributed by atoms with van der Waals surface area (Å²) in [6.07, 6.45) is 0. The molecule has 2 aromatic carbocycles. The molecule has 0 aliphatic carbocycles. The van der Waals surface area contributed by atoms with Crippen LogP contribution in [0.25, 0.3) is 10.9 Å². The standard InChI is InChI=1S/C18H20N4O/c1-3-19-17-14-9-5-6-10-15(14)21-18(22-17)20-12-13-8-4-7-11-16(13)23-2/h4-11H,3,12H2,1-2H3,(H2,19,20,21,22). The van der Waals surface area contributed by atoms with Gasteiger partial charge in [-0.1, -0.05) is 30.3 Å². The van der Waals surface area contributed by atoms with Gasteiger partial charge in [0, 0.05) is 24.0 Å². The van der Waals surface area contributed by atoms with E-state index in [1.54, 1.807) is 7.11 Å². The molecule has 0 spiro atoms. The van der Waals surface area contributed by atoms with Gasteiger partial charge >= 0.3 is 0 Å². The Morgan fingerprint density at radius 3 is 2.57 bits per heavy atom. The van der Waals surface area contributed by atoms with Crippen LogP contribution in [0.1, 0.15) is 12.5 Å². The van der Waals surface area contributed by atoms with E-state index >= 15 is 0 Å². The van der Waals surface area contributed by atoms with E-state index in [9.17, 15) is 0 Å². The van der Waals surface area contributed by atoms with E-state index in [2.05, 4.69) is 27.5 Å². The zero-order valence-corrected chi connectivity index (χ0v) is 13.3. The van der Waals surface area contributed by atoms with Crippen molar-refractivity contribution in [2.24, 2.45) is 0 Å². The number of benzene rings is 2. The Morgan fingerprint density at radius 2 is 1.74 bits per heavy atom. The molecule has 3 aromatic rings. The molecule has 118 valence electrons. The van der Waals surface area contributed by atoms with E-state index in [-0.39, 0.29) is 0 Å². The molecule has 0 aliphatic rings. The number of para-hydroxylation sites is 2. The minimum atomic E-state index is 0.602. The molecule has 0 saturated heterocycles. The lowest BCUT2D eigenvalue weighted by atomic mass is 10.2. The Kier molecular flexibility index (Phi) is 4.57. The van der Waals surface area contributed by atoms with Gasteiger partial charge < -0.3 is 15.4 Å². The monoisotopic (exact) mass is 308 g/mol. The molecule has 0 saturated carbocycles. The Morgan fingerprint density at radius 1 is 0.957 bits per heavy atom. The Hall–Kier alpha value is -2.82. The van der Waals surface area contributed by atoms with Crippen LogP contribution in [0.3, 0.4) is 0 Å². The summed E-state index contributed by atoms with van der Waals surface area (Å²) in [4.78, 5) is 9.17. The lowest BCUT2D eigenvalue weighted by Crippen LogP contribution is -2.08. The fraction of sp³-hybridized carbons (Fsp3) is 0.222. The fourth-order valence-corrected chi connectivity index (χ4v) is 2.48. The molecule has 0 fully saturated rings. The van der Waals surface area contributed by atoms with Crippen molar-refractivity contribution in [1.82, 2.24) is 9.97 Å². The molecule has 0 atom stereocenters. The lowest BCUT2D eigenvalue weighted by molar-refractivity contribution is 0.410. The Labute approximate surface area is 135 Å². The molecule has 1 aromatic heterocycles. The van der Waals surface area contributed by atoms with Crippen molar-refractivity contribution >= 4 is 22.7 Å². The molecule has 0 unspecified atom stereocenters. The average molecular weight is 308 g/mol. The molecular weight excluding hydrogens is 288 g/mol. The number of nitrogens with one attached hydrogen (secondary N) is 2. The molecule has 2 N–H and O–H groups in total. The highest BCUT2D eigenvalue weighted by Gasteiger charge is 2.07. The number of ether oxygens (including phenoxy) is 1. The summed E-state index contributed by atoms with van der Waals surface area (Å²) < 4.78 is 5.37. The van der Waals surface area contributed by atoms with Gasteiger partial charge in [-0.25, -0.2) is 4.98 Å². The number of hydrogen-bond donors (Lipinski definition) is 2. The number of fused-ring (bicyclic) bond motifs is 1. The van der Waals surface area contributed by atoms with Gasteiger partial charge in [0.05, 0.1) is 12.6 Å². The molecule has 3 rings (SSSR count). The lowest BCUT2D eigenvalue weighted by Gasteiger charge is -2.12. The third-order valence-corrected chi connectivity index (χ3v) is 3.58. The van der Waals surface area contributed by atoms with Crippen molar-refractivity contribution in [2.75, 3.05) is 24.3 Å². The first kappa shape index (κ1) is 15.1. The third-order valence-electron chi connectivity index (χ3n) is 3.58. The fourth-order valence-electron chi connectivity index (χ4n) is 2.48. The molecule has 1 heterocycles. The largest absolute Gasteiger partial charge is 0.496 e. The van der Waals surface area contributed by atoms with Gasteiger partial charge in [-0.15, -0.1) is 0 Å². The maximum absolute atomic E-state index is 5.37. The predicted molar refractivity (Wildman–Crippen MR) is 94.0 cm³/mol. The van der Waals surface area contributed by atoms with Crippen molar-refractivity contribution in [3.05, 3.63) is 54.1 Å². The topological polar surface area (TPSA) is 59.1 Å². The van der Waals surface area contributed by atoms with E-state index in [0.29, 0.717) is 12.5 Å². The second kappa shape index (κ2) is 6.96. The van der Waals surface area contributed by atoms with Crippen LogP contribution < -0.4 is 15.4 Å². The second-order valence-electron chi connectivity index (χ2n) is 5.11. The molecular formula is C18H20N4O. The highest BCUT2D eigenvalue weighted by atomic mass is 16.5. The Balaban J connectivity index is 1.88. The van der Waals surface area contributed by atoms with E-state index in [1.165, 1.54) is 0 Å². The number of anilines is 2. The molecule has 0 bridgehead atoms. The first-order valence-corrected chi connectivity index (χ1v) is 7.68. The second-order valence-corrected chi connectivity index (χ2v) is 5.11. The van der Waals surface area contributed by atoms with Crippen LogP contribution >= 0.6 is 0 Å². The summed E-state index contributed by atoms with van der Waals surface area (Å²) in [5, 5.41) is 7.61. The van der Waals surface area contributed by atoms with E-state index < -0.39 is 0 Å². The summed E-state index contributed by atoms with van der Waals surface area (Å²) in [5.41, 5.74) is 1.98. The number of nitrogens with zero attached hydrogens (tertiary/aromatic N) is 2. The summed E-state index contributed by atoms with van der Waals surface area (Å²) >= 11 is 0. The molecule has 0 aliphatic heterocycles. The van der Waals surface area contributed by atoms with Gasteiger partial charge in [0.1, 0.15) is 11.6 Å². The number of methoxy groups -OCH3 is 1. The first-order chi connectivity index (χ1) is 11.3. The number of rotatable bonds is 6. The van der Waals surface area contributed by atoms with E-state index in [4.69, 9.17) is 4.74 Å². The minimum absolute atomic E-state index is 0.602. The van der Waals surface area contributed by atoms with Crippen LogP contribution in [-0.2, 0) is 6.54 Å². The summed E-state index contributed by atoms with van der Waals surface area (Å²) in [6, 6.07) is 15.9. The quantitative estimate of drug-likeness (QED) is 0.727. The van der Waals surface area contributed by atoms with Crippen LogP contribution in [0.5, 0.6) is 5.75 Å². The predicted octanol–water partition coefficient (Wildman–Crippen LogP) is 3.68. The van der Waals surface area contributed by atoms with Gasteiger partial charge in [0.25, 0.3) is 0 Å². The average Bonchev–Trinajstić information content (AvgIpc) is 2.60. The highest BCUT2D eigenvalue weighted by Crippen LogP contribution is 2.23. The van der Waals surface area contributed by atoms with E-state index in [0.717, 1.165) is 34.6 Å². The normalized spacial score (nSPS) is 10.5. The van der Waals surface area contributed by atoms with Crippen molar-refractivity contribution in [3.63, 3.8) is 0 Å². The van der Waals surface area contributed by atoms with Gasteiger partial charge in [0.15, 0.2) is 0 Å². The molecule has 5 heteroatoms. The van der Waals surface area contributed by atoms with Gasteiger partial charge in [-0.3, -0.25) is 0 Å². The molecule has 0 radical (unpaired) electrons. The zero-order chi connectivity index (χ0) is 16.1. The highest BCUT2D eigenvalue weighted by molar-refractivity contribution is 5.89. The zero-order valence-electron chi connectivity index (χ0n) is 13.3. The maximum Gasteiger partial charge on any atom is 0.225 e. The smallest absolute Gasteiger partial charge is 0.225 e. The van der Waals surface area contributed by atoms with Crippen LogP contribution in [0.2, 0.25) is 0 Å². The van der Waals surface area contributed by atoms with Crippen LogP contribution in [0.15, 0.2) is 48.5 Å². The summed E-state index contributed by atoms with van der Waals surface area (Å²) in [6.45, 7) is 3.47. The third kappa shape index (κ3) is 3.34. The number of aromatic nitrogens is 2. The van der Waals surface area contributed by atoms with Crippen LogP contribution in [-0.4, -0.2) is 23.6 Å². The van der Waals surface area contributed by atoms with Crippen molar-refractivity contribution in [3.8, 4) is 5.75 Å². The SMILES string of the molecule is CCNc1nc(NCc2ccccc2OC)nc2ccccc12. The summed E-state index contributed by atoms with van der Waals surface area (Å²) in [5.74, 6) is 2.30. The minimum Gasteiger partial charge on any atom is -0.496 e. The van der Waals surface area contributed by atoms with Crippen molar-refractivity contribution in [1.29, 1.82) is 0 Å². The summed E-state index contributed by atoms with van der Waals surface area (Å²) in [7, 11) is 1.68. The van der Waals surface area contributed by atoms with Crippen molar-refractivity contribution < 1.29 is 4.74 Å². The maximum atomic E-state index is 5.37. The molecule has 23 heavy (non-hydrogen) atoms. The van der Waals surface area contributed by atoms with Gasteiger partial charge in [-0.05, 0) is 25.1 Å². The Bertz CT molecular complexity index is 804. The van der Waals surface area contributed by atoms with Crippen molar-refractivity contribution in [2.45, 2.75) is 13.5 Å². The van der Waals surface area contributed by atoms with Crippen LogP contribution in [0.4, 0.5) is 11.8 Å². The van der Waals surface area contributed by atoms with Gasteiger partial charge in [0.2, 0.25) is 5.95 Å².